The van der Waals surface area contributed by atoms with Gasteiger partial charge in [-0.1, -0.05) is 31.2 Å². The third-order valence-corrected chi connectivity index (χ3v) is 4.98. The van der Waals surface area contributed by atoms with Crippen molar-refractivity contribution in [2.45, 2.75) is 39.9 Å². The molecular weight excluding hydrogens is 328 g/mol. The van der Waals surface area contributed by atoms with Gasteiger partial charge in [-0.3, -0.25) is 0 Å². The number of thiophene rings is 1. The van der Waals surface area contributed by atoms with Gasteiger partial charge >= 0.3 is 0 Å². The summed E-state index contributed by atoms with van der Waals surface area (Å²) in [5, 5.41) is 6.76. The summed E-state index contributed by atoms with van der Waals surface area (Å²) in [5.41, 5.74) is 2.56. The third kappa shape index (κ3) is 6.88. The van der Waals surface area contributed by atoms with E-state index in [1.54, 1.807) is 0 Å². The van der Waals surface area contributed by atoms with E-state index in [-0.39, 0.29) is 0 Å². The lowest BCUT2D eigenvalue weighted by Crippen LogP contribution is -2.36. The zero-order valence-electron chi connectivity index (χ0n) is 15.8. The van der Waals surface area contributed by atoms with Crippen molar-refractivity contribution in [3.05, 3.63) is 57.3 Å². The smallest absolute Gasteiger partial charge is 0.191 e. The molecule has 0 amide bonds. The number of aliphatic imine (C=N–C) groups is 1. The first-order valence-electron chi connectivity index (χ1n) is 8.93. The molecule has 0 saturated carbocycles. The molecule has 2 rings (SSSR count). The van der Waals surface area contributed by atoms with E-state index in [0.29, 0.717) is 6.54 Å². The van der Waals surface area contributed by atoms with E-state index in [2.05, 4.69) is 79.9 Å². The highest BCUT2D eigenvalue weighted by molar-refractivity contribution is 7.11. The van der Waals surface area contributed by atoms with E-state index in [1.165, 1.54) is 20.9 Å². The monoisotopic (exact) mass is 358 g/mol. The van der Waals surface area contributed by atoms with Gasteiger partial charge in [0, 0.05) is 22.8 Å². The van der Waals surface area contributed by atoms with Crippen molar-refractivity contribution < 1.29 is 0 Å². The van der Waals surface area contributed by atoms with Crippen LogP contribution < -0.4 is 10.6 Å². The Morgan fingerprint density at radius 3 is 2.48 bits per heavy atom. The summed E-state index contributed by atoms with van der Waals surface area (Å²) in [6.45, 7) is 7.60. The summed E-state index contributed by atoms with van der Waals surface area (Å²) in [4.78, 5) is 9.68. The normalized spacial score (nSPS) is 11.8. The van der Waals surface area contributed by atoms with Gasteiger partial charge in [-0.2, -0.15) is 0 Å². The number of aryl methyl sites for hydroxylation is 1. The number of nitrogens with zero attached hydrogens (tertiary/aromatic N) is 2. The van der Waals surface area contributed by atoms with Crippen LogP contribution in [0.5, 0.6) is 0 Å². The van der Waals surface area contributed by atoms with Crippen molar-refractivity contribution in [1.82, 2.24) is 15.5 Å². The topological polar surface area (TPSA) is 39.7 Å². The fraction of sp³-hybridized carbons (Fsp3) is 0.450. The first-order chi connectivity index (χ1) is 12.1. The Labute approximate surface area is 156 Å². The SMILES string of the molecule is CCNC(=NCc1cccc(CN(C)C)c1)NCc1ccc(CC)s1. The second kappa shape index (κ2) is 10.2. The summed E-state index contributed by atoms with van der Waals surface area (Å²) < 4.78 is 0. The maximum absolute atomic E-state index is 4.73. The van der Waals surface area contributed by atoms with Crippen molar-refractivity contribution in [2.24, 2.45) is 4.99 Å². The van der Waals surface area contributed by atoms with E-state index in [4.69, 9.17) is 4.99 Å². The van der Waals surface area contributed by atoms with Crippen LogP contribution in [0.3, 0.4) is 0 Å². The van der Waals surface area contributed by atoms with E-state index >= 15 is 0 Å². The quantitative estimate of drug-likeness (QED) is 0.559. The summed E-state index contributed by atoms with van der Waals surface area (Å²) >= 11 is 1.87. The number of nitrogens with one attached hydrogen (secondary N) is 2. The van der Waals surface area contributed by atoms with Crippen LogP contribution in [0.2, 0.25) is 0 Å². The lowest BCUT2D eigenvalue weighted by molar-refractivity contribution is 0.402. The molecule has 5 heteroatoms. The minimum Gasteiger partial charge on any atom is -0.357 e. The maximum Gasteiger partial charge on any atom is 0.191 e. The molecule has 0 aliphatic carbocycles. The van der Waals surface area contributed by atoms with Gasteiger partial charge in [0.25, 0.3) is 0 Å². The molecule has 136 valence electrons. The van der Waals surface area contributed by atoms with Crippen LogP contribution in [0.1, 0.15) is 34.7 Å². The summed E-state index contributed by atoms with van der Waals surface area (Å²) in [6.07, 6.45) is 1.10. The van der Waals surface area contributed by atoms with Crippen LogP contribution in [0, 0.1) is 0 Å². The van der Waals surface area contributed by atoms with Crippen LogP contribution in [0.15, 0.2) is 41.4 Å². The Morgan fingerprint density at radius 2 is 1.80 bits per heavy atom. The summed E-state index contributed by atoms with van der Waals surface area (Å²) in [5.74, 6) is 0.868. The van der Waals surface area contributed by atoms with Gasteiger partial charge in [0.1, 0.15) is 0 Å². The molecule has 1 aromatic heterocycles. The van der Waals surface area contributed by atoms with Gasteiger partial charge in [0.2, 0.25) is 0 Å². The molecule has 2 N–H and O–H groups in total. The number of rotatable bonds is 8. The molecule has 0 fully saturated rings. The van der Waals surface area contributed by atoms with Crippen LogP contribution in [0.4, 0.5) is 0 Å². The average Bonchev–Trinajstić information content (AvgIpc) is 3.05. The molecule has 1 aromatic carbocycles. The molecule has 0 spiro atoms. The van der Waals surface area contributed by atoms with Crippen molar-refractivity contribution >= 4 is 17.3 Å². The predicted octanol–water partition coefficient (Wildman–Crippen LogP) is 3.63. The van der Waals surface area contributed by atoms with Gasteiger partial charge in [-0.15, -0.1) is 11.3 Å². The molecule has 2 aromatic rings. The van der Waals surface area contributed by atoms with Crippen molar-refractivity contribution in [3.8, 4) is 0 Å². The fourth-order valence-corrected chi connectivity index (χ4v) is 3.48. The Morgan fingerprint density at radius 1 is 1.04 bits per heavy atom. The van der Waals surface area contributed by atoms with Crippen molar-refractivity contribution in [2.75, 3.05) is 20.6 Å². The highest BCUT2D eigenvalue weighted by Crippen LogP contribution is 2.16. The van der Waals surface area contributed by atoms with Gasteiger partial charge in [-0.05, 0) is 50.7 Å². The Balaban J connectivity index is 1.96. The standard InChI is InChI=1S/C20H30N4S/c1-5-18-10-11-19(25-18)14-23-20(21-6-2)22-13-16-8-7-9-17(12-16)15-24(3)4/h7-12H,5-6,13-15H2,1-4H3,(H2,21,22,23). The average molecular weight is 359 g/mol. The van der Waals surface area contributed by atoms with Gasteiger partial charge in [0.05, 0.1) is 13.1 Å². The van der Waals surface area contributed by atoms with Gasteiger partial charge in [0.15, 0.2) is 5.96 Å². The Kier molecular flexibility index (Phi) is 7.95. The number of hydrogen-bond acceptors (Lipinski definition) is 3. The number of hydrogen-bond donors (Lipinski definition) is 2. The molecule has 0 bridgehead atoms. The molecule has 1 heterocycles. The third-order valence-electron chi connectivity index (χ3n) is 3.75. The minimum absolute atomic E-state index is 0.682. The molecule has 0 radical (unpaired) electrons. The molecule has 0 atom stereocenters. The lowest BCUT2D eigenvalue weighted by Gasteiger charge is -2.12. The number of guanidine groups is 1. The summed E-state index contributed by atoms with van der Waals surface area (Å²) in [7, 11) is 4.18. The second-order valence-corrected chi connectivity index (χ2v) is 7.58. The molecule has 4 nitrogen and oxygen atoms in total. The minimum atomic E-state index is 0.682. The van der Waals surface area contributed by atoms with Crippen LogP contribution >= 0.6 is 11.3 Å². The first-order valence-corrected chi connectivity index (χ1v) is 9.74. The Hall–Kier alpha value is -1.85. The van der Waals surface area contributed by atoms with E-state index in [0.717, 1.165) is 32.0 Å². The van der Waals surface area contributed by atoms with Crippen molar-refractivity contribution in [3.63, 3.8) is 0 Å². The molecule has 0 aliphatic rings. The highest BCUT2D eigenvalue weighted by Gasteiger charge is 2.02. The second-order valence-electron chi connectivity index (χ2n) is 6.33. The van der Waals surface area contributed by atoms with E-state index in [1.807, 2.05) is 11.3 Å². The van der Waals surface area contributed by atoms with Gasteiger partial charge < -0.3 is 15.5 Å². The lowest BCUT2D eigenvalue weighted by atomic mass is 10.1. The first kappa shape index (κ1) is 19.5. The summed E-state index contributed by atoms with van der Waals surface area (Å²) in [6, 6.07) is 13.1. The molecular formula is C20H30N4S. The largest absolute Gasteiger partial charge is 0.357 e. The fourth-order valence-electron chi connectivity index (χ4n) is 2.58. The van der Waals surface area contributed by atoms with Crippen LogP contribution in [-0.4, -0.2) is 31.5 Å². The van der Waals surface area contributed by atoms with E-state index in [9.17, 15) is 0 Å². The zero-order valence-corrected chi connectivity index (χ0v) is 16.6. The molecule has 0 aliphatic heterocycles. The van der Waals surface area contributed by atoms with Crippen molar-refractivity contribution in [1.29, 1.82) is 0 Å². The van der Waals surface area contributed by atoms with Gasteiger partial charge in [-0.25, -0.2) is 4.99 Å². The Bertz CT molecular complexity index is 676. The molecule has 0 unspecified atom stereocenters. The van der Waals surface area contributed by atoms with Crippen LogP contribution in [0.25, 0.3) is 0 Å². The van der Waals surface area contributed by atoms with E-state index < -0.39 is 0 Å². The predicted molar refractivity (Wildman–Crippen MR) is 109 cm³/mol. The zero-order chi connectivity index (χ0) is 18.1. The van der Waals surface area contributed by atoms with Crippen LogP contribution in [-0.2, 0) is 26.1 Å². The number of benzene rings is 1. The highest BCUT2D eigenvalue weighted by atomic mass is 32.1. The maximum atomic E-state index is 4.73. The molecule has 25 heavy (non-hydrogen) atoms. The molecule has 0 saturated heterocycles.